The average molecular weight is 295 g/mol. The quantitative estimate of drug-likeness (QED) is 0.805. The van der Waals surface area contributed by atoms with Gasteiger partial charge in [0.1, 0.15) is 5.82 Å². The van der Waals surface area contributed by atoms with Gasteiger partial charge in [-0.25, -0.2) is 9.37 Å². The largest absolute Gasteiger partial charge is 0.361 e. The number of nitrogens with zero attached hydrogens (tertiary/aromatic N) is 2. The summed E-state index contributed by atoms with van der Waals surface area (Å²) in [6.07, 6.45) is 3.20. The Bertz CT molecular complexity index is 813. The summed E-state index contributed by atoms with van der Waals surface area (Å²) >= 11 is 0. The summed E-state index contributed by atoms with van der Waals surface area (Å²) in [6.45, 7) is 0.404. The SMILES string of the molecule is O=c1c(NCc2ccc(F)cc2)nccn1-c1ccccc1. The Morgan fingerprint density at radius 2 is 1.77 bits per heavy atom. The Balaban J connectivity index is 1.83. The first-order valence-corrected chi connectivity index (χ1v) is 6.85. The van der Waals surface area contributed by atoms with Crippen molar-refractivity contribution >= 4 is 5.82 Å². The van der Waals surface area contributed by atoms with E-state index in [2.05, 4.69) is 10.3 Å². The fourth-order valence-corrected chi connectivity index (χ4v) is 2.11. The second-order valence-electron chi connectivity index (χ2n) is 4.77. The van der Waals surface area contributed by atoms with Crippen LogP contribution in [0.15, 0.2) is 71.8 Å². The molecule has 0 saturated carbocycles. The van der Waals surface area contributed by atoms with E-state index >= 15 is 0 Å². The third kappa shape index (κ3) is 3.03. The van der Waals surface area contributed by atoms with Crippen molar-refractivity contribution in [1.82, 2.24) is 9.55 Å². The highest BCUT2D eigenvalue weighted by Crippen LogP contribution is 2.07. The van der Waals surface area contributed by atoms with Gasteiger partial charge in [-0.3, -0.25) is 9.36 Å². The molecule has 0 saturated heterocycles. The van der Waals surface area contributed by atoms with Crippen molar-refractivity contribution in [2.45, 2.75) is 6.54 Å². The van der Waals surface area contributed by atoms with E-state index in [-0.39, 0.29) is 17.2 Å². The molecule has 0 fully saturated rings. The van der Waals surface area contributed by atoms with Crippen LogP contribution in [0.3, 0.4) is 0 Å². The Hall–Kier alpha value is -2.95. The van der Waals surface area contributed by atoms with E-state index in [1.165, 1.54) is 16.7 Å². The summed E-state index contributed by atoms with van der Waals surface area (Å²) in [4.78, 5) is 16.5. The molecule has 3 aromatic rings. The summed E-state index contributed by atoms with van der Waals surface area (Å²) < 4.78 is 14.4. The van der Waals surface area contributed by atoms with Crippen LogP contribution in [-0.4, -0.2) is 9.55 Å². The van der Waals surface area contributed by atoms with Crippen LogP contribution in [0.5, 0.6) is 0 Å². The van der Waals surface area contributed by atoms with E-state index in [0.29, 0.717) is 6.54 Å². The molecule has 3 rings (SSSR count). The second kappa shape index (κ2) is 6.22. The third-order valence-electron chi connectivity index (χ3n) is 3.25. The van der Waals surface area contributed by atoms with Gasteiger partial charge in [0, 0.05) is 24.6 Å². The minimum atomic E-state index is -0.284. The highest BCUT2D eigenvalue weighted by atomic mass is 19.1. The smallest absolute Gasteiger partial charge is 0.297 e. The van der Waals surface area contributed by atoms with Gasteiger partial charge >= 0.3 is 0 Å². The lowest BCUT2D eigenvalue weighted by atomic mass is 10.2. The predicted molar refractivity (Wildman–Crippen MR) is 83.6 cm³/mol. The maximum absolute atomic E-state index is 12.9. The summed E-state index contributed by atoms with van der Waals surface area (Å²) in [5.74, 6) is -0.0244. The molecule has 0 bridgehead atoms. The summed E-state index contributed by atoms with van der Waals surface area (Å²) in [5, 5.41) is 2.99. The lowest BCUT2D eigenvalue weighted by Crippen LogP contribution is -2.22. The number of para-hydroxylation sites is 1. The minimum Gasteiger partial charge on any atom is -0.361 e. The van der Waals surface area contributed by atoms with Crippen molar-refractivity contribution in [1.29, 1.82) is 0 Å². The number of hydrogen-bond acceptors (Lipinski definition) is 3. The van der Waals surface area contributed by atoms with Crippen LogP contribution in [0.1, 0.15) is 5.56 Å². The lowest BCUT2D eigenvalue weighted by molar-refractivity contribution is 0.627. The molecular formula is C17H14FN3O. The molecule has 1 aromatic heterocycles. The zero-order valence-corrected chi connectivity index (χ0v) is 11.7. The normalized spacial score (nSPS) is 10.4. The number of halogens is 1. The predicted octanol–water partition coefficient (Wildman–Crippen LogP) is 2.98. The number of rotatable bonds is 4. The van der Waals surface area contributed by atoms with Gasteiger partial charge in [0.2, 0.25) is 0 Å². The summed E-state index contributed by atoms with van der Waals surface area (Å²) in [7, 11) is 0. The Kier molecular flexibility index (Phi) is 3.96. The van der Waals surface area contributed by atoms with E-state index < -0.39 is 0 Å². The maximum atomic E-state index is 12.9. The molecule has 5 heteroatoms. The molecule has 2 aromatic carbocycles. The van der Waals surface area contributed by atoms with Gasteiger partial charge in [0.15, 0.2) is 5.82 Å². The first kappa shape index (κ1) is 14.0. The average Bonchev–Trinajstić information content (AvgIpc) is 2.56. The molecule has 0 radical (unpaired) electrons. The van der Waals surface area contributed by atoms with Crippen LogP contribution < -0.4 is 10.9 Å². The van der Waals surface area contributed by atoms with Gasteiger partial charge in [-0.2, -0.15) is 0 Å². The van der Waals surface area contributed by atoms with E-state index in [4.69, 9.17) is 0 Å². The van der Waals surface area contributed by atoms with Crippen molar-refractivity contribution in [3.8, 4) is 5.69 Å². The fourth-order valence-electron chi connectivity index (χ4n) is 2.11. The van der Waals surface area contributed by atoms with Gasteiger partial charge in [0.05, 0.1) is 0 Å². The highest BCUT2D eigenvalue weighted by Gasteiger charge is 2.06. The zero-order chi connectivity index (χ0) is 15.4. The summed E-state index contributed by atoms with van der Waals surface area (Å²) in [6, 6.07) is 15.4. The molecule has 1 heterocycles. The van der Waals surface area contributed by atoms with E-state index in [1.807, 2.05) is 30.3 Å². The van der Waals surface area contributed by atoms with Crippen molar-refractivity contribution in [2.75, 3.05) is 5.32 Å². The van der Waals surface area contributed by atoms with Crippen molar-refractivity contribution in [2.24, 2.45) is 0 Å². The highest BCUT2D eigenvalue weighted by molar-refractivity contribution is 5.38. The van der Waals surface area contributed by atoms with Gasteiger partial charge in [-0.15, -0.1) is 0 Å². The van der Waals surface area contributed by atoms with Crippen molar-refractivity contribution in [3.63, 3.8) is 0 Å². The van der Waals surface area contributed by atoms with Crippen molar-refractivity contribution in [3.05, 3.63) is 88.7 Å². The maximum Gasteiger partial charge on any atom is 0.297 e. The molecule has 0 aliphatic carbocycles. The molecule has 0 aliphatic heterocycles. The fraction of sp³-hybridized carbons (Fsp3) is 0.0588. The van der Waals surface area contributed by atoms with Crippen LogP contribution >= 0.6 is 0 Å². The molecule has 110 valence electrons. The van der Waals surface area contributed by atoms with E-state index in [1.54, 1.807) is 24.5 Å². The second-order valence-corrected chi connectivity index (χ2v) is 4.77. The monoisotopic (exact) mass is 295 g/mol. The first-order chi connectivity index (χ1) is 10.7. The molecule has 4 nitrogen and oxygen atoms in total. The molecule has 0 atom stereocenters. The van der Waals surface area contributed by atoms with E-state index in [0.717, 1.165) is 11.3 Å². The molecule has 0 aliphatic rings. The Morgan fingerprint density at radius 3 is 2.50 bits per heavy atom. The van der Waals surface area contributed by atoms with E-state index in [9.17, 15) is 9.18 Å². The molecule has 0 amide bonds. The molecule has 0 spiro atoms. The van der Waals surface area contributed by atoms with Crippen LogP contribution in [0, 0.1) is 5.82 Å². The molecule has 0 unspecified atom stereocenters. The topological polar surface area (TPSA) is 46.9 Å². The van der Waals surface area contributed by atoms with Gasteiger partial charge in [-0.1, -0.05) is 30.3 Å². The Morgan fingerprint density at radius 1 is 1.05 bits per heavy atom. The number of aromatic nitrogens is 2. The van der Waals surface area contributed by atoms with Crippen LogP contribution in [0.4, 0.5) is 10.2 Å². The first-order valence-electron chi connectivity index (χ1n) is 6.85. The Labute approximate surface area is 126 Å². The molecule has 1 N–H and O–H groups in total. The molecular weight excluding hydrogens is 281 g/mol. The number of anilines is 1. The van der Waals surface area contributed by atoms with Gasteiger partial charge in [0.25, 0.3) is 5.56 Å². The van der Waals surface area contributed by atoms with Crippen LogP contribution in [-0.2, 0) is 6.54 Å². The van der Waals surface area contributed by atoms with Crippen molar-refractivity contribution < 1.29 is 4.39 Å². The van der Waals surface area contributed by atoms with Gasteiger partial charge < -0.3 is 5.32 Å². The third-order valence-corrected chi connectivity index (χ3v) is 3.25. The zero-order valence-electron chi connectivity index (χ0n) is 11.7. The van der Waals surface area contributed by atoms with Crippen LogP contribution in [0.25, 0.3) is 5.69 Å². The summed E-state index contributed by atoms with van der Waals surface area (Å²) in [5.41, 5.74) is 1.42. The number of benzene rings is 2. The van der Waals surface area contributed by atoms with Gasteiger partial charge in [-0.05, 0) is 29.8 Å². The standard InChI is InChI=1S/C17H14FN3O/c18-14-8-6-13(7-9-14)12-20-16-17(22)21(11-10-19-16)15-4-2-1-3-5-15/h1-11H,12H2,(H,19,20). The minimum absolute atomic E-state index is 0.226. The number of hydrogen-bond donors (Lipinski definition) is 1. The molecule has 22 heavy (non-hydrogen) atoms. The number of nitrogens with one attached hydrogen (secondary N) is 1. The lowest BCUT2D eigenvalue weighted by Gasteiger charge is -2.09. The van der Waals surface area contributed by atoms with Crippen LogP contribution in [0.2, 0.25) is 0 Å².